The molecule has 0 aliphatic heterocycles. The van der Waals surface area contributed by atoms with Crippen LogP contribution in [0.15, 0.2) is 309 Å². The van der Waals surface area contributed by atoms with Crippen molar-refractivity contribution in [2.24, 2.45) is 0 Å². The van der Waals surface area contributed by atoms with E-state index in [1.165, 1.54) is 61.2 Å². The molecule has 13 aromatic carbocycles. The van der Waals surface area contributed by atoms with Crippen LogP contribution in [0.3, 0.4) is 0 Å². The van der Waals surface area contributed by atoms with E-state index in [2.05, 4.69) is 264 Å². The molecule has 7 heteroatoms. The molecule has 0 N–H and O–H groups in total. The maximum absolute atomic E-state index is 10.8. The molecule has 15 aromatic rings. The second kappa shape index (κ2) is 23.9. The molecular formula is C88H56N6S. The van der Waals surface area contributed by atoms with Crippen LogP contribution in [-0.4, -0.2) is 13.3 Å². The molecule has 0 fully saturated rings. The highest BCUT2D eigenvalue weighted by Gasteiger charge is 2.27. The molecule has 2 heterocycles. The van der Waals surface area contributed by atoms with Gasteiger partial charge in [-0.05, 0) is 162 Å². The smallest absolute Gasteiger partial charge is 0.129 e. The third-order valence-corrected chi connectivity index (χ3v) is 19.4. The standard InChI is InChI=1S/C88H56N6S/c89-55-76(82(63-17-5-1-6-18-63)64-19-7-2-8-20-64)61-35-31-57(32-36-61)59-41-47-70(48-42-59)93(71-49-43-60(44-50-71)58-33-37-62(38-34-58)77(56-90)83(65-21-9-3-10-22-65)66-23-11-4-12-24-66)81-54-52-73(87-88(81)92-95-91-87)72-28-16-30-80-86(72)74-27-13-14-29-78(74)94(80)79-53-46-69-40-39-67-25-15-26-68-45-51-75(79)85(69)84(67)68/h1-25,27-50,52-54H,26,51H2. The van der Waals surface area contributed by atoms with Crippen LogP contribution < -0.4 is 4.90 Å². The summed E-state index contributed by atoms with van der Waals surface area (Å²) in [6, 6.07) is 109. The normalized spacial score (nSPS) is 12.1. The molecule has 0 bridgehead atoms. The molecule has 0 radical (unpaired) electrons. The Kier molecular flexibility index (Phi) is 14.2. The van der Waals surface area contributed by atoms with E-state index in [1.807, 2.05) is 72.8 Å². The summed E-state index contributed by atoms with van der Waals surface area (Å²) >= 11 is 1.23. The predicted octanol–water partition coefficient (Wildman–Crippen LogP) is 22.7. The fourth-order valence-electron chi connectivity index (χ4n) is 14.5. The quantitative estimate of drug-likeness (QED) is 0.0849. The van der Waals surface area contributed by atoms with Crippen LogP contribution in [0.2, 0.25) is 0 Å². The lowest BCUT2D eigenvalue weighted by atomic mass is 9.81. The lowest BCUT2D eigenvalue weighted by Crippen LogP contribution is -2.10. The van der Waals surface area contributed by atoms with Crippen LogP contribution in [-0.2, 0) is 6.42 Å². The average molecular weight is 1230 g/mol. The van der Waals surface area contributed by atoms with Crippen molar-refractivity contribution < 1.29 is 0 Å². The number of para-hydroxylation sites is 1. The SMILES string of the molecule is N#CC(=C(c1ccccc1)c1ccccc1)c1ccc(-c2ccc(N(c3ccc(-c4ccc(C(C#N)=C(c5ccccc5)c5ccccc5)cc4)cc3)c3ccc(-c4cccc5c4c4ccccc4n5-c4ccc5ccc6c7c5c4CC=C7CC=C6)c4nsnc34)cc2)cc1. The van der Waals surface area contributed by atoms with Gasteiger partial charge in [-0.2, -0.15) is 19.3 Å². The fourth-order valence-corrected chi connectivity index (χ4v) is 15.1. The van der Waals surface area contributed by atoms with E-state index in [0.29, 0.717) is 11.1 Å². The number of fused-ring (bicyclic) bond motifs is 4. The highest BCUT2D eigenvalue weighted by molar-refractivity contribution is 7.00. The molecular weight excluding hydrogens is 1170 g/mol. The van der Waals surface area contributed by atoms with Gasteiger partial charge in [0.15, 0.2) is 0 Å². The third-order valence-electron chi connectivity index (χ3n) is 18.9. The van der Waals surface area contributed by atoms with Crippen LogP contribution in [0.5, 0.6) is 0 Å². The number of allylic oxidation sites excluding steroid dienone is 5. The first-order valence-electron chi connectivity index (χ1n) is 32.0. The van der Waals surface area contributed by atoms with E-state index in [9.17, 15) is 10.5 Å². The number of anilines is 3. The largest absolute Gasteiger partial charge is 0.309 e. The summed E-state index contributed by atoms with van der Waals surface area (Å²) in [6.45, 7) is 0. The summed E-state index contributed by atoms with van der Waals surface area (Å²) in [4.78, 5) is 2.29. The summed E-state index contributed by atoms with van der Waals surface area (Å²) in [5, 5.41) is 26.6. The number of rotatable bonds is 13. The lowest BCUT2D eigenvalue weighted by molar-refractivity contribution is 1.12. The topological polar surface area (TPSA) is 81.5 Å². The summed E-state index contributed by atoms with van der Waals surface area (Å²) < 4.78 is 12.8. The van der Waals surface area contributed by atoms with Gasteiger partial charge in [-0.1, -0.05) is 261 Å². The minimum atomic E-state index is 0.615. The van der Waals surface area contributed by atoms with E-state index in [0.717, 1.165) is 130 Å². The minimum Gasteiger partial charge on any atom is -0.309 e. The number of hydrogen-bond acceptors (Lipinski definition) is 6. The van der Waals surface area contributed by atoms with Crippen LogP contribution in [0.4, 0.5) is 17.1 Å². The minimum absolute atomic E-state index is 0.615. The van der Waals surface area contributed by atoms with Crippen LogP contribution in [0.25, 0.3) is 117 Å². The Bertz CT molecular complexity index is 5450. The van der Waals surface area contributed by atoms with E-state index in [-0.39, 0.29) is 0 Å². The van der Waals surface area contributed by atoms with Crippen molar-refractivity contribution in [3.63, 3.8) is 0 Å². The van der Waals surface area contributed by atoms with Crippen LogP contribution in [0.1, 0.15) is 56.5 Å². The van der Waals surface area contributed by atoms with E-state index in [1.54, 1.807) is 0 Å². The zero-order chi connectivity index (χ0) is 63.3. The van der Waals surface area contributed by atoms with Gasteiger partial charge < -0.3 is 9.47 Å². The predicted molar refractivity (Wildman–Crippen MR) is 394 cm³/mol. The van der Waals surface area contributed by atoms with Gasteiger partial charge in [0, 0.05) is 38.9 Å². The van der Waals surface area contributed by atoms with Crippen LogP contribution >= 0.6 is 11.7 Å². The lowest BCUT2D eigenvalue weighted by Gasteiger charge is -2.26. The highest BCUT2D eigenvalue weighted by atomic mass is 32.1. The fraction of sp³-hybridized carbons (Fsp3) is 0.0227. The Morgan fingerprint density at radius 3 is 1.45 bits per heavy atom. The van der Waals surface area contributed by atoms with Crippen molar-refractivity contribution >= 4 is 106 Å². The molecule has 2 aromatic heterocycles. The summed E-state index contributed by atoms with van der Waals surface area (Å²) in [6.07, 6.45) is 8.86. The van der Waals surface area contributed by atoms with Gasteiger partial charge in [-0.3, -0.25) is 0 Å². The average Bonchev–Trinajstić information content (AvgIpc) is 1.44. The number of nitrogens with zero attached hydrogens (tertiary/aromatic N) is 6. The second-order valence-electron chi connectivity index (χ2n) is 24.1. The van der Waals surface area contributed by atoms with Crippen molar-refractivity contribution in [3.8, 4) is 51.2 Å². The molecule has 0 amide bonds. The maximum atomic E-state index is 10.8. The number of aromatic nitrogens is 3. The number of nitriles is 2. The van der Waals surface area contributed by atoms with Crippen molar-refractivity contribution in [2.75, 3.05) is 4.90 Å². The molecule has 0 unspecified atom stereocenters. The molecule has 17 rings (SSSR count). The first-order valence-corrected chi connectivity index (χ1v) is 32.7. The molecule has 444 valence electrons. The van der Waals surface area contributed by atoms with Crippen LogP contribution in [0, 0.1) is 22.7 Å². The monoisotopic (exact) mass is 1230 g/mol. The van der Waals surface area contributed by atoms with E-state index in [4.69, 9.17) is 8.75 Å². The zero-order valence-electron chi connectivity index (χ0n) is 51.5. The number of hydrogen-bond donors (Lipinski definition) is 0. The Labute approximate surface area is 555 Å². The molecule has 0 spiro atoms. The maximum Gasteiger partial charge on any atom is 0.129 e. The van der Waals surface area contributed by atoms with Gasteiger partial charge in [-0.25, -0.2) is 0 Å². The first-order chi connectivity index (χ1) is 47.1. The Morgan fingerprint density at radius 1 is 0.411 bits per heavy atom. The summed E-state index contributed by atoms with van der Waals surface area (Å²) in [5.74, 6) is 0. The Morgan fingerprint density at radius 2 is 0.905 bits per heavy atom. The Balaban J connectivity index is 0.767. The van der Waals surface area contributed by atoms with Crippen molar-refractivity contribution in [3.05, 3.63) is 359 Å². The van der Waals surface area contributed by atoms with Gasteiger partial charge >= 0.3 is 0 Å². The van der Waals surface area contributed by atoms with Crippen molar-refractivity contribution in [2.45, 2.75) is 12.8 Å². The summed E-state index contributed by atoms with van der Waals surface area (Å²) in [7, 11) is 0. The molecule has 6 nitrogen and oxygen atoms in total. The third kappa shape index (κ3) is 9.86. The van der Waals surface area contributed by atoms with Gasteiger partial charge in [0.25, 0.3) is 0 Å². The van der Waals surface area contributed by atoms with Gasteiger partial charge in [-0.15, -0.1) is 0 Å². The Hall–Kier alpha value is -12.5. The van der Waals surface area contributed by atoms with E-state index < -0.39 is 0 Å². The molecule has 0 atom stereocenters. The van der Waals surface area contributed by atoms with Gasteiger partial charge in [0.1, 0.15) is 23.2 Å². The van der Waals surface area contributed by atoms with Crippen molar-refractivity contribution in [1.29, 1.82) is 10.5 Å². The molecule has 0 saturated heterocycles. The van der Waals surface area contributed by atoms with Crippen molar-refractivity contribution in [1.82, 2.24) is 13.3 Å². The molecule has 95 heavy (non-hydrogen) atoms. The first kappa shape index (κ1) is 56.5. The highest BCUT2D eigenvalue weighted by Crippen LogP contribution is 2.48. The molecule has 2 aliphatic rings. The zero-order valence-corrected chi connectivity index (χ0v) is 52.3. The second-order valence-corrected chi connectivity index (χ2v) is 24.7. The number of benzene rings is 13. The molecule has 0 saturated carbocycles. The van der Waals surface area contributed by atoms with Gasteiger partial charge in [0.05, 0.1) is 45.3 Å². The molecule has 2 aliphatic carbocycles. The summed E-state index contributed by atoms with van der Waals surface area (Å²) in [5.41, 5.74) is 28.3. The van der Waals surface area contributed by atoms with Gasteiger partial charge in [0.2, 0.25) is 0 Å². The van der Waals surface area contributed by atoms with E-state index >= 15 is 0 Å².